The van der Waals surface area contributed by atoms with Crippen LogP contribution in [0.1, 0.15) is 34.1 Å². The first-order valence-electron chi connectivity index (χ1n) is 9.38. The molecule has 0 saturated carbocycles. The highest BCUT2D eigenvalue weighted by Gasteiger charge is 2.85. The fourth-order valence-electron chi connectivity index (χ4n) is 2.86. The van der Waals surface area contributed by atoms with Gasteiger partial charge in [-0.05, 0) is 27.2 Å². The molecule has 16 heteroatoms. The number of hydrogen-bond donors (Lipinski definition) is 0. The highest BCUT2D eigenvalue weighted by atomic mass is 28.4. The Hall–Kier alpha value is -0.743. The van der Waals surface area contributed by atoms with E-state index in [2.05, 4.69) is 0 Å². The second kappa shape index (κ2) is 11.1. The van der Waals surface area contributed by atoms with E-state index in [0.717, 1.165) is 6.92 Å². The molecule has 0 aromatic carbocycles. The van der Waals surface area contributed by atoms with Crippen LogP contribution in [0.25, 0.3) is 0 Å². The largest absolute Gasteiger partial charge is 0.507 e. The van der Waals surface area contributed by atoms with Crippen molar-refractivity contribution in [3.05, 3.63) is 0 Å². The standard InChI is InChI=1S/C16H24F12O3Si/c1-5-9(32(29-6-2,30-7-3)31-8-4)10(17)13(21,22)15(25,26)16(27,28)14(23,24)11(18)12(19)20/h9-12H,5-8H2,1-4H3. The Morgan fingerprint density at radius 1 is 0.594 bits per heavy atom. The average Bonchev–Trinajstić information content (AvgIpc) is 2.67. The van der Waals surface area contributed by atoms with E-state index in [1.807, 2.05) is 0 Å². The predicted molar refractivity (Wildman–Crippen MR) is 90.3 cm³/mol. The highest BCUT2D eigenvalue weighted by molar-refractivity contribution is 6.62. The molecule has 194 valence electrons. The minimum atomic E-state index is -7.41. The Morgan fingerprint density at radius 3 is 1.16 bits per heavy atom. The van der Waals surface area contributed by atoms with Crippen molar-refractivity contribution in [2.45, 2.75) is 82.1 Å². The number of halogens is 12. The van der Waals surface area contributed by atoms with Crippen molar-refractivity contribution < 1.29 is 66.0 Å². The van der Waals surface area contributed by atoms with E-state index in [9.17, 15) is 52.7 Å². The smallest absolute Gasteiger partial charge is 0.374 e. The maximum absolute atomic E-state index is 14.8. The van der Waals surface area contributed by atoms with Gasteiger partial charge in [0.15, 0.2) is 6.17 Å². The van der Waals surface area contributed by atoms with E-state index < -0.39 is 63.2 Å². The molecule has 0 aliphatic heterocycles. The van der Waals surface area contributed by atoms with Crippen LogP contribution in [0.5, 0.6) is 0 Å². The molecule has 0 aromatic rings. The maximum atomic E-state index is 14.8. The van der Waals surface area contributed by atoms with Gasteiger partial charge in [0.1, 0.15) is 0 Å². The summed E-state index contributed by atoms with van der Waals surface area (Å²) in [6.07, 6.45) is -15.3. The number of alkyl halides is 12. The first kappa shape index (κ1) is 31.3. The Balaban J connectivity index is 6.52. The molecule has 0 aliphatic rings. The van der Waals surface area contributed by atoms with Gasteiger partial charge < -0.3 is 13.3 Å². The van der Waals surface area contributed by atoms with Gasteiger partial charge in [0.25, 0.3) is 6.43 Å². The molecule has 0 aromatic heterocycles. The normalized spacial score (nSPS) is 17.5. The minimum Gasteiger partial charge on any atom is -0.374 e. The van der Waals surface area contributed by atoms with Crippen molar-refractivity contribution in [2.75, 3.05) is 19.8 Å². The third-order valence-corrected chi connectivity index (χ3v) is 8.11. The molecule has 0 saturated heterocycles. The molecule has 3 atom stereocenters. The van der Waals surface area contributed by atoms with Crippen molar-refractivity contribution in [1.29, 1.82) is 0 Å². The van der Waals surface area contributed by atoms with E-state index >= 15 is 0 Å². The summed E-state index contributed by atoms with van der Waals surface area (Å²) >= 11 is 0. The lowest BCUT2D eigenvalue weighted by atomic mass is 9.92. The van der Waals surface area contributed by atoms with Gasteiger partial charge in [-0.15, -0.1) is 0 Å². The molecule has 0 amide bonds. The molecule has 0 N–H and O–H groups in total. The van der Waals surface area contributed by atoms with Crippen molar-refractivity contribution in [3.8, 4) is 0 Å². The molecule has 0 fully saturated rings. The summed E-state index contributed by atoms with van der Waals surface area (Å²) in [5.41, 5.74) is -2.45. The molecule has 0 rings (SSSR count). The summed E-state index contributed by atoms with van der Waals surface area (Å²) in [5, 5.41) is 0. The van der Waals surface area contributed by atoms with Gasteiger partial charge in [0.05, 0.1) is 5.54 Å². The number of rotatable bonds is 15. The molecule has 3 nitrogen and oxygen atoms in total. The fraction of sp³-hybridized carbons (Fsp3) is 1.00. The summed E-state index contributed by atoms with van der Waals surface area (Å²) in [5.74, 6) is -28.3. The summed E-state index contributed by atoms with van der Waals surface area (Å²) in [6, 6.07) is 0. The second-order valence-electron chi connectivity index (χ2n) is 6.45. The first-order valence-corrected chi connectivity index (χ1v) is 11.2. The minimum absolute atomic E-state index is 0.371. The molecule has 0 heterocycles. The summed E-state index contributed by atoms with van der Waals surface area (Å²) in [7, 11) is -4.64. The molecular weight excluding hydrogens is 496 g/mol. The van der Waals surface area contributed by atoms with Crippen LogP contribution in [-0.2, 0) is 13.3 Å². The zero-order valence-electron chi connectivity index (χ0n) is 17.4. The molecule has 0 radical (unpaired) electrons. The van der Waals surface area contributed by atoms with Crippen LogP contribution >= 0.6 is 0 Å². The van der Waals surface area contributed by atoms with Gasteiger partial charge in [-0.25, -0.2) is 17.6 Å². The van der Waals surface area contributed by atoms with Crippen molar-refractivity contribution in [3.63, 3.8) is 0 Å². The van der Waals surface area contributed by atoms with E-state index in [1.54, 1.807) is 0 Å². The zero-order chi connectivity index (χ0) is 25.8. The fourth-order valence-corrected chi connectivity index (χ4v) is 6.03. The van der Waals surface area contributed by atoms with Crippen LogP contribution in [0.2, 0.25) is 5.54 Å². The van der Waals surface area contributed by atoms with Crippen molar-refractivity contribution in [2.24, 2.45) is 0 Å². The van der Waals surface area contributed by atoms with Crippen LogP contribution in [0.3, 0.4) is 0 Å². The molecule has 32 heavy (non-hydrogen) atoms. The van der Waals surface area contributed by atoms with Crippen LogP contribution < -0.4 is 0 Å². The third kappa shape index (κ3) is 5.32. The summed E-state index contributed by atoms with van der Waals surface area (Å²) < 4.78 is 179. The monoisotopic (exact) mass is 520 g/mol. The maximum Gasteiger partial charge on any atom is 0.507 e. The Morgan fingerprint density at radius 2 is 0.906 bits per heavy atom. The van der Waals surface area contributed by atoms with Gasteiger partial charge in [0.2, 0.25) is 6.17 Å². The van der Waals surface area contributed by atoms with E-state index in [-0.39, 0.29) is 19.8 Å². The molecule has 0 bridgehead atoms. The van der Waals surface area contributed by atoms with Gasteiger partial charge >= 0.3 is 32.5 Å². The summed E-state index contributed by atoms with van der Waals surface area (Å²) in [4.78, 5) is 0. The van der Waals surface area contributed by atoms with Crippen LogP contribution in [0, 0.1) is 0 Å². The zero-order valence-corrected chi connectivity index (χ0v) is 18.4. The topological polar surface area (TPSA) is 27.7 Å². The highest BCUT2D eigenvalue weighted by Crippen LogP contribution is 2.58. The molecular formula is C16H24F12O3Si. The molecule has 0 aliphatic carbocycles. The average molecular weight is 520 g/mol. The van der Waals surface area contributed by atoms with Gasteiger partial charge in [0, 0.05) is 19.8 Å². The Kier molecular flexibility index (Phi) is 10.9. The van der Waals surface area contributed by atoms with Gasteiger partial charge in [-0.2, -0.15) is 35.1 Å². The predicted octanol–water partition coefficient (Wildman–Crippen LogP) is 6.30. The third-order valence-electron chi connectivity index (χ3n) is 4.43. The Bertz CT molecular complexity index is 561. The lowest BCUT2D eigenvalue weighted by molar-refractivity contribution is -0.388. The first-order chi connectivity index (χ1) is 14.4. The van der Waals surface area contributed by atoms with E-state index in [0.29, 0.717) is 0 Å². The molecule has 0 spiro atoms. The lowest BCUT2D eigenvalue weighted by Crippen LogP contribution is -2.69. The van der Waals surface area contributed by atoms with Gasteiger partial charge in [-0.3, -0.25) is 0 Å². The SMILES string of the molecule is CCO[Si](OCC)(OCC)C(CC)C(F)C(F)(F)C(F)(F)C(F)(F)C(F)(F)C(F)C(F)F. The summed E-state index contributed by atoms with van der Waals surface area (Å²) in [6.45, 7) is 3.66. The quantitative estimate of drug-likeness (QED) is 0.188. The van der Waals surface area contributed by atoms with E-state index in [1.165, 1.54) is 20.8 Å². The van der Waals surface area contributed by atoms with Crippen LogP contribution in [0.15, 0.2) is 0 Å². The van der Waals surface area contributed by atoms with E-state index in [4.69, 9.17) is 13.3 Å². The van der Waals surface area contributed by atoms with Crippen molar-refractivity contribution in [1.82, 2.24) is 0 Å². The van der Waals surface area contributed by atoms with Crippen LogP contribution in [0.4, 0.5) is 52.7 Å². The Labute approximate surface area is 177 Å². The molecule has 3 unspecified atom stereocenters. The van der Waals surface area contributed by atoms with Crippen LogP contribution in [-0.4, -0.2) is 71.1 Å². The second-order valence-corrected chi connectivity index (χ2v) is 9.26. The van der Waals surface area contributed by atoms with Gasteiger partial charge in [-0.1, -0.05) is 6.92 Å². The van der Waals surface area contributed by atoms with Crippen molar-refractivity contribution >= 4 is 8.80 Å². The number of hydrogen-bond acceptors (Lipinski definition) is 3. The lowest BCUT2D eigenvalue weighted by Gasteiger charge is -2.42.